The highest BCUT2D eigenvalue weighted by atomic mass is 19.1. The third kappa shape index (κ3) is 3.61. The molecule has 2 aromatic rings. The Morgan fingerprint density at radius 1 is 0.895 bits per heavy atom. The summed E-state index contributed by atoms with van der Waals surface area (Å²) in [5.74, 6) is -0.704. The van der Waals surface area contributed by atoms with Crippen molar-refractivity contribution in [3.8, 4) is 0 Å². The molecule has 0 aliphatic carbocycles. The zero-order chi connectivity index (χ0) is 13.7. The first-order chi connectivity index (χ1) is 9.20. The van der Waals surface area contributed by atoms with Crippen LogP contribution in [0, 0.1) is 11.6 Å². The average molecular weight is 262 g/mol. The van der Waals surface area contributed by atoms with Gasteiger partial charge in [0.25, 0.3) is 0 Å². The second kappa shape index (κ2) is 6.43. The van der Waals surface area contributed by atoms with Crippen LogP contribution in [0.25, 0.3) is 0 Å². The Morgan fingerprint density at radius 3 is 1.84 bits per heavy atom. The van der Waals surface area contributed by atoms with E-state index in [9.17, 15) is 8.78 Å². The van der Waals surface area contributed by atoms with Gasteiger partial charge in [0.05, 0.1) is 0 Å². The van der Waals surface area contributed by atoms with Gasteiger partial charge in [0.1, 0.15) is 11.6 Å². The molecular formula is C16H16F2O. The Hall–Kier alpha value is -1.74. The van der Waals surface area contributed by atoms with Crippen molar-refractivity contribution in [3.05, 3.63) is 71.3 Å². The maximum atomic E-state index is 13.3. The predicted octanol–water partition coefficient (Wildman–Crippen LogP) is 3.87. The summed E-state index contributed by atoms with van der Waals surface area (Å²) in [5.41, 5.74) is 1.61. The zero-order valence-electron chi connectivity index (χ0n) is 10.5. The summed E-state index contributed by atoms with van der Waals surface area (Å²) in [6, 6.07) is 12.7. The lowest BCUT2D eigenvalue weighted by atomic mass is 9.87. The number of benzene rings is 2. The van der Waals surface area contributed by atoms with Crippen molar-refractivity contribution >= 4 is 0 Å². The van der Waals surface area contributed by atoms with Gasteiger partial charge in [0.2, 0.25) is 0 Å². The molecular weight excluding hydrogens is 246 g/mol. The van der Waals surface area contributed by atoms with Crippen LogP contribution in [0.2, 0.25) is 0 Å². The second-order valence-corrected chi connectivity index (χ2v) is 4.53. The minimum Gasteiger partial charge on any atom is -0.396 e. The van der Waals surface area contributed by atoms with Gasteiger partial charge in [0, 0.05) is 12.5 Å². The molecule has 0 aliphatic rings. The molecule has 19 heavy (non-hydrogen) atoms. The Labute approximate surface area is 111 Å². The SMILES string of the molecule is OCCCC(c1cccc(F)c1)c1cccc(F)c1. The number of aliphatic hydroxyl groups excluding tert-OH is 1. The fraction of sp³-hybridized carbons (Fsp3) is 0.250. The molecule has 0 fully saturated rings. The van der Waals surface area contributed by atoms with Crippen LogP contribution in [0.3, 0.4) is 0 Å². The number of hydrogen-bond donors (Lipinski definition) is 1. The number of rotatable bonds is 5. The molecule has 0 amide bonds. The van der Waals surface area contributed by atoms with Crippen LogP contribution in [0.1, 0.15) is 29.9 Å². The molecule has 0 unspecified atom stereocenters. The molecule has 2 aromatic carbocycles. The van der Waals surface area contributed by atoms with E-state index in [4.69, 9.17) is 5.11 Å². The van der Waals surface area contributed by atoms with Crippen molar-refractivity contribution in [2.45, 2.75) is 18.8 Å². The van der Waals surface area contributed by atoms with Gasteiger partial charge in [-0.25, -0.2) is 8.78 Å². The zero-order valence-corrected chi connectivity index (χ0v) is 10.5. The smallest absolute Gasteiger partial charge is 0.123 e. The molecule has 100 valence electrons. The average Bonchev–Trinajstić information content (AvgIpc) is 2.39. The maximum absolute atomic E-state index is 13.3. The van der Waals surface area contributed by atoms with E-state index in [0.717, 1.165) is 11.1 Å². The molecule has 0 bridgehead atoms. The van der Waals surface area contributed by atoms with E-state index in [0.29, 0.717) is 12.8 Å². The van der Waals surface area contributed by atoms with Gasteiger partial charge in [-0.1, -0.05) is 24.3 Å². The molecule has 0 aromatic heterocycles. The highest BCUT2D eigenvalue weighted by molar-refractivity contribution is 5.33. The lowest BCUT2D eigenvalue weighted by molar-refractivity contribution is 0.282. The van der Waals surface area contributed by atoms with Crippen molar-refractivity contribution in [1.29, 1.82) is 0 Å². The molecule has 1 nitrogen and oxygen atoms in total. The topological polar surface area (TPSA) is 20.2 Å². The maximum Gasteiger partial charge on any atom is 0.123 e. The van der Waals surface area contributed by atoms with Crippen LogP contribution in [-0.4, -0.2) is 11.7 Å². The van der Waals surface area contributed by atoms with Gasteiger partial charge in [-0.15, -0.1) is 0 Å². The van der Waals surface area contributed by atoms with E-state index >= 15 is 0 Å². The first-order valence-corrected chi connectivity index (χ1v) is 6.32. The van der Waals surface area contributed by atoms with Gasteiger partial charge in [-0.3, -0.25) is 0 Å². The Balaban J connectivity index is 2.35. The summed E-state index contributed by atoms with van der Waals surface area (Å²) in [4.78, 5) is 0. The van der Waals surface area contributed by atoms with Crippen molar-refractivity contribution in [2.75, 3.05) is 6.61 Å². The standard InChI is InChI=1S/C16H16F2O/c17-14-6-1-4-12(10-14)16(8-3-9-19)13-5-2-7-15(18)11-13/h1-2,4-7,10-11,16,19H,3,8-9H2. The minimum atomic E-state index is -0.303. The van der Waals surface area contributed by atoms with Crippen LogP contribution in [0.4, 0.5) is 8.78 Å². The van der Waals surface area contributed by atoms with Gasteiger partial charge in [0.15, 0.2) is 0 Å². The van der Waals surface area contributed by atoms with E-state index < -0.39 is 0 Å². The van der Waals surface area contributed by atoms with Gasteiger partial charge in [-0.05, 0) is 48.2 Å². The van der Waals surface area contributed by atoms with Gasteiger partial charge >= 0.3 is 0 Å². The van der Waals surface area contributed by atoms with Crippen LogP contribution in [0.15, 0.2) is 48.5 Å². The summed E-state index contributed by atoms with van der Waals surface area (Å²) in [5, 5.41) is 8.97. The molecule has 0 spiro atoms. The number of aliphatic hydroxyl groups is 1. The summed E-state index contributed by atoms with van der Waals surface area (Å²) in [7, 11) is 0. The molecule has 0 saturated heterocycles. The van der Waals surface area contributed by atoms with E-state index in [1.807, 2.05) is 12.1 Å². The monoisotopic (exact) mass is 262 g/mol. The highest BCUT2D eigenvalue weighted by Gasteiger charge is 2.15. The second-order valence-electron chi connectivity index (χ2n) is 4.53. The van der Waals surface area contributed by atoms with Crippen molar-refractivity contribution in [1.82, 2.24) is 0 Å². The minimum absolute atomic E-state index is 0.0706. The van der Waals surface area contributed by atoms with Gasteiger partial charge in [-0.2, -0.15) is 0 Å². The van der Waals surface area contributed by atoms with E-state index in [2.05, 4.69) is 0 Å². The third-order valence-corrected chi connectivity index (χ3v) is 3.15. The van der Waals surface area contributed by atoms with Gasteiger partial charge < -0.3 is 5.11 Å². The quantitative estimate of drug-likeness (QED) is 0.867. The van der Waals surface area contributed by atoms with Crippen molar-refractivity contribution in [3.63, 3.8) is 0 Å². The summed E-state index contributed by atoms with van der Waals surface area (Å²) in [6.07, 6.45) is 1.25. The first-order valence-electron chi connectivity index (χ1n) is 6.32. The molecule has 1 N–H and O–H groups in total. The number of halogens is 2. The normalized spacial score (nSPS) is 10.9. The summed E-state index contributed by atoms with van der Waals surface area (Å²) < 4.78 is 26.6. The predicted molar refractivity (Wildman–Crippen MR) is 71.0 cm³/mol. The molecule has 0 aliphatic heterocycles. The molecule has 0 atom stereocenters. The summed E-state index contributed by atoms with van der Waals surface area (Å²) in [6.45, 7) is 0.0706. The van der Waals surface area contributed by atoms with Crippen LogP contribution in [0.5, 0.6) is 0 Å². The largest absolute Gasteiger partial charge is 0.396 e. The van der Waals surface area contributed by atoms with E-state index in [1.165, 1.54) is 24.3 Å². The lowest BCUT2D eigenvalue weighted by Gasteiger charge is -2.17. The fourth-order valence-corrected chi connectivity index (χ4v) is 2.27. The molecule has 0 heterocycles. The Kier molecular flexibility index (Phi) is 4.63. The van der Waals surface area contributed by atoms with Crippen LogP contribution >= 0.6 is 0 Å². The van der Waals surface area contributed by atoms with E-state index in [-0.39, 0.29) is 24.2 Å². The first kappa shape index (κ1) is 13.7. The molecule has 0 radical (unpaired) electrons. The molecule has 0 saturated carbocycles. The van der Waals surface area contributed by atoms with Crippen LogP contribution in [-0.2, 0) is 0 Å². The van der Waals surface area contributed by atoms with Crippen molar-refractivity contribution in [2.24, 2.45) is 0 Å². The van der Waals surface area contributed by atoms with Crippen LogP contribution < -0.4 is 0 Å². The third-order valence-electron chi connectivity index (χ3n) is 3.15. The highest BCUT2D eigenvalue weighted by Crippen LogP contribution is 2.29. The molecule has 3 heteroatoms. The molecule has 2 rings (SSSR count). The Morgan fingerprint density at radius 2 is 1.42 bits per heavy atom. The number of hydrogen-bond acceptors (Lipinski definition) is 1. The fourth-order valence-electron chi connectivity index (χ4n) is 2.27. The van der Waals surface area contributed by atoms with E-state index in [1.54, 1.807) is 12.1 Å². The Bertz CT molecular complexity index is 494. The van der Waals surface area contributed by atoms with Crippen molar-refractivity contribution < 1.29 is 13.9 Å². The lowest BCUT2D eigenvalue weighted by Crippen LogP contribution is -2.03. The summed E-state index contributed by atoms with van der Waals surface area (Å²) >= 11 is 0.